The predicted octanol–water partition coefficient (Wildman–Crippen LogP) is 2.95. The SMILES string of the molecule is N#CCC1CCCCN(CCC(F)(F)F)C1. The van der Waals surface area contributed by atoms with Crippen LogP contribution < -0.4 is 0 Å². The molecule has 0 radical (unpaired) electrons. The molecular formula is C11H17F3N2. The van der Waals surface area contributed by atoms with Crippen LogP contribution in [0.3, 0.4) is 0 Å². The minimum Gasteiger partial charge on any atom is -0.303 e. The van der Waals surface area contributed by atoms with E-state index in [1.54, 1.807) is 0 Å². The van der Waals surface area contributed by atoms with Crippen LogP contribution in [0.15, 0.2) is 0 Å². The average molecular weight is 234 g/mol. The van der Waals surface area contributed by atoms with Crippen LogP contribution in [0.4, 0.5) is 13.2 Å². The number of likely N-dealkylation sites (tertiary alicyclic amines) is 1. The third kappa shape index (κ3) is 5.36. The largest absolute Gasteiger partial charge is 0.390 e. The Bertz CT molecular complexity index is 245. The zero-order valence-corrected chi connectivity index (χ0v) is 9.26. The summed E-state index contributed by atoms with van der Waals surface area (Å²) in [5.74, 6) is 0.251. The number of nitrogens with zero attached hydrogens (tertiary/aromatic N) is 2. The van der Waals surface area contributed by atoms with Crippen molar-refractivity contribution in [3.05, 3.63) is 0 Å². The highest BCUT2D eigenvalue weighted by Crippen LogP contribution is 2.23. The van der Waals surface area contributed by atoms with Crippen LogP contribution in [-0.2, 0) is 0 Å². The molecule has 0 saturated carbocycles. The number of alkyl halides is 3. The lowest BCUT2D eigenvalue weighted by Crippen LogP contribution is -2.31. The third-order valence-electron chi connectivity index (χ3n) is 2.94. The van der Waals surface area contributed by atoms with E-state index in [1.165, 1.54) is 0 Å². The van der Waals surface area contributed by atoms with E-state index in [4.69, 9.17) is 5.26 Å². The molecule has 0 aliphatic carbocycles. The minimum atomic E-state index is -4.07. The molecule has 16 heavy (non-hydrogen) atoms. The number of hydrogen-bond donors (Lipinski definition) is 0. The summed E-state index contributed by atoms with van der Waals surface area (Å²) in [6, 6.07) is 2.11. The summed E-state index contributed by atoms with van der Waals surface area (Å²) < 4.78 is 36.2. The second-order valence-corrected chi connectivity index (χ2v) is 4.39. The van der Waals surface area contributed by atoms with E-state index in [9.17, 15) is 13.2 Å². The molecule has 1 aliphatic rings. The second-order valence-electron chi connectivity index (χ2n) is 4.39. The van der Waals surface area contributed by atoms with Crippen molar-refractivity contribution in [2.75, 3.05) is 19.6 Å². The zero-order chi connectivity index (χ0) is 12.0. The van der Waals surface area contributed by atoms with Crippen molar-refractivity contribution in [2.24, 2.45) is 5.92 Å². The maximum atomic E-state index is 12.1. The van der Waals surface area contributed by atoms with Crippen LogP contribution in [-0.4, -0.2) is 30.7 Å². The molecule has 0 bridgehead atoms. The molecule has 1 saturated heterocycles. The van der Waals surface area contributed by atoms with Gasteiger partial charge in [0.2, 0.25) is 0 Å². The highest BCUT2D eigenvalue weighted by Gasteiger charge is 2.28. The molecule has 0 N–H and O–H groups in total. The summed E-state index contributed by atoms with van der Waals surface area (Å²) in [6.45, 7) is 1.45. The van der Waals surface area contributed by atoms with Crippen molar-refractivity contribution in [3.63, 3.8) is 0 Å². The fraction of sp³-hybridized carbons (Fsp3) is 0.909. The van der Waals surface area contributed by atoms with Gasteiger partial charge in [-0.1, -0.05) is 6.42 Å². The van der Waals surface area contributed by atoms with Gasteiger partial charge in [-0.3, -0.25) is 0 Å². The van der Waals surface area contributed by atoms with Crippen molar-refractivity contribution in [1.29, 1.82) is 5.26 Å². The molecule has 0 spiro atoms. The fourth-order valence-corrected chi connectivity index (χ4v) is 2.10. The number of hydrogen-bond acceptors (Lipinski definition) is 2. The van der Waals surface area contributed by atoms with Crippen molar-refractivity contribution in [1.82, 2.24) is 4.90 Å². The van der Waals surface area contributed by atoms with Gasteiger partial charge in [0.1, 0.15) is 0 Å². The number of nitriles is 1. The van der Waals surface area contributed by atoms with Crippen molar-refractivity contribution >= 4 is 0 Å². The van der Waals surface area contributed by atoms with E-state index in [-0.39, 0.29) is 12.5 Å². The van der Waals surface area contributed by atoms with Crippen LogP contribution in [0.2, 0.25) is 0 Å². The smallest absolute Gasteiger partial charge is 0.303 e. The molecule has 1 fully saturated rings. The molecule has 1 unspecified atom stereocenters. The summed E-state index contributed by atoms with van der Waals surface area (Å²) in [4.78, 5) is 1.85. The van der Waals surface area contributed by atoms with E-state index in [1.807, 2.05) is 4.90 Å². The molecule has 0 amide bonds. The van der Waals surface area contributed by atoms with Crippen LogP contribution in [0, 0.1) is 17.2 Å². The molecule has 5 heteroatoms. The third-order valence-corrected chi connectivity index (χ3v) is 2.94. The van der Waals surface area contributed by atoms with E-state index in [0.717, 1.165) is 25.8 Å². The van der Waals surface area contributed by atoms with Crippen molar-refractivity contribution < 1.29 is 13.2 Å². The fourth-order valence-electron chi connectivity index (χ4n) is 2.10. The van der Waals surface area contributed by atoms with Gasteiger partial charge in [-0.15, -0.1) is 0 Å². The van der Waals surface area contributed by atoms with Gasteiger partial charge in [0.15, 0.2) is 0 Å². The Morgan fingerprint density at radius 2 is 2.06 bits per heavy atom. The standard InChI is InChI=1S/C11H17F3N2/c12-11(13,14)5-8-16-7-2-1-3-10(9-16)4-6-15/h10H,1-5,7-9H2. The first-order chi connectivity index (χ1) is 7.51. The van der Waals surface area contributed by atoms with Crippen LogP contribution in [0.1, 0.15) is 32.1 Å². The monoisotopic (exact) mass is 234 g/mol. The molecule has 2 nitrogen and oxygen atoms in total. The van der Waals surface area contributed by atoms with Crippen LogP contribution >= 0.6 is 0 Å². The second kappa shape index (κ2) is 6.09. The molecule has 1 aliphatic heterocycles. The van der Waals surface area contributed by atoms with Gasteiger partial charge in [-0.25, -0.2) is 0 Å². The van der Waals surface area contributed by atoms with Gasteiger partial charge >= 0.3 is 6.18 Å². The zero-order valence-electron chi connectivity index (χ0n) is 9.26. The molecule has 0 aromatic carbocycles. The first kappa shape index (κ1) is 13.3. The molecule has 0 aromatic heterocycles. The van der Waals surface area contributed by atoms with Gasteiger partial charge in [0, 0.05) is 19.5 Å². The normalized spacial score (nSPS) is 23.8. The lowest BCUT2D eigenvalue weighted by Gasteiger charge is -2.23. The number of halogens is 3. The highest BCUT2D eigenvalue weighted by atomic mass is 19.4. The Morgan fingerprint density at radius 1 is 1.31 bits per heavy atom. The van der Waals surface area contributed by atoms with Gasteiger partial charge in [0.05, 0.1) is 12.5 Å². The van der Waals surface area contributed by atoms with Crippen molar-refractivity contribution in [3.8, 4) is 6.07 Å². The Kier molecular flexibility index (Phi) is 5.07. The first-order valence-electron chi connectivity index (χ1n) is 5.67. The maximum absolute atomic E-state index is 12.1. The first-order valence-corrected chi connectivity index (χ1v) is 5.67. The van der Waals surface area contributed by atoms with Crippen molar-refractivity contribution in [2.45, 2.75) is 38.3 Å². The predicted molar refractivity (Wildman–Crippen MR) is 54.7 cm³/mol. The molecule has 1 heterocycles. The maximum Gasteiger partial charge on any atom is 0.390 e. The van der Waals surface area contributed by atoms with E-state index in [2.05, 4.69) is 6.07 Å². The Balaban J connectivity index is 2.37. The lowest BCUT2D eigenvalue weighted by atomic mass is 10.0. The highest BCUT2D eigenvalue weighted by molar-refractivity contribution is 4.80. The van der Waals surface area contributed by atoms with E-state index in [0.29, 0.717) is 13.0 Å². The molecule has 1 rings (SSSR count). The van der Waals surface area contributed by atoms with Crippen LogP contribution in [0.5, 0.6) is 0 Å². The van der Waals surface area contributed by atoms with Crippen LogP contribution in [0.25, 0.3) is 0 Å². The quantitative estimate of drug-likeness (QED) is 0.750. The summed E-state index contributed by atoms with van der Waals surface area (Å²) in [5, 5.41) is 8.61. The lowest BCUT2D eigenvalue weighted by molar-refractivity contribution is -0.138. The summed E-state index contributed by atoms with van der Waals surface area (Å²) in [6.07, 6.45) is -1.42. The summed E-state index contributed by atoms with van der Waals surface area (Å²) in [5.41, 5.74) is 0. The Morgan fingerprint density at radius 3 is 2.69 bits per heavy atom. The molecule has 0 aromatic rings. The Labute approximate surface area is 94.0 Å². The topological polar surface area (TPSA) is 27.0 Å². The van der Waals surface area contributed by atoms with E-state index < -0.39 is 12.6 Å². The van der Waals surface area contributed by atoms with Gasteiger partial charge in [-0.2, -0.15) is 18.4 Å². The van der Waals surface area contributed by atoms with Gasteiger partial charge in [-0.05, 0) is 25.3 Å². The minimum absolute atomic E-state index is 0.0748. The Hall–Kier alpha value is -0.760. The van der Waals surface area contributed by atoms with Gasteiger partial charge in [0.25, 0.3) is 0 Å². The number of rotatable bonds is 3. The molecular weight excluding hydrogens is 217 g/mol. The molecule has 1 atom stereocenters. The average Bonchev–Trinajstić information content (AvgIpc) is 2.40. The van der Waals surface area contributed by atoms with Gasteiger partial charge < -0.3 is 4.90 Å². The summed E-state index contributed by atoms with van der Waals surface area (Å²) in [7, 11) is 0. The molecule has 92 valence electrons. The summed E-state index contributed by atoms with van der Waals surface area (Å²) >= 11 is 0. The van der Waals surface area contributed by atoms with E-state index >= 15 is 0 Å².